The zero-order chi connectivity index (χ0) is 22.5. The number of allylic oxidation sites excluding steroid dienone is 1. The van der Waals surface area contributed by atoms with Crippen LogP contribution in [-0.4, -0.2) is 31.4 Å². The fourth-order valence-electron chi connectivity index (χ4n) is 2.90. The first-order valence-corrected chi connectivity index (χ1v) is 12.5. The van der Waals surface area contributed by atoms with E-state index >= 15 is 0 Å². The molecule has 6 nitrogen and oxygen atoms in total. The maximum absolute atomic E-state index is 12.5. The molecule has 0 aliphatic heterocycles. The van der Waals surface area contributed by atoms with E-state index in [2.05, 4.69) is 43.0 Å². The summed E-state index contributed by atoms with van der Waals surface area (Å²) >= 11 is 12.4. The van der Waals surface area contributed by atoms with Gasteiger partial charge in [-0.25, -0.2) is 4.98 Å². The summed E-state index contributed by atoms with van der Waals surface area (Å²) in [5.74, 6) is 0.641. The van der Waals surface area contributed by atoms with E-state index in [-0.39, 0.29) is 11.7 Å². The molecule has 2 aromatic heterocycles. The lowest BCUT2D eigenvalue weighted by molar-refractivity contribution is -0.113. The van der Waals surface area contributed by atoms with E-state index in [0.717, 1.165) is 21.3 Å². The number of carbonyl (C=O) groups excluding carboxylic acids is 1. The summed E-state index contributed by atoms with van der Waals surface area (Å²) in [6.07, 6.45) is 1.76. The zero-order valence-electron chi connectivity index (χ0n) is 16.7. The molecule has 4 rings (SSSR count). The minimum atomic E-state index is -0.167. The average molecular weight is 547 g/mol. The van der Waals surface area contributed by atoms with Crippen LogP contribution in [0.2, 0.25) is 5.02 Å². The Morgan fingerprint density at radius 2 is 2.00 bits per heavy atom. The summed E-state index contributed by atoms with van der Waals surface area (Å²) in [6.45, 7) is 4.31. The third-order valence-corrected chi connectivity index (χ3v) is 6.95. The minimum Gasteiger partial charge on any atom is -0.301 e. The highest BCUT2D eigenvalue weighted by molar-refractivity contribution is 9.10. The van der Waals surface area contributed by atoms with Crippen LogP contribution in [0.3, 0.4) is 0 Å². The van der Waals surface area contributed by atoms with Crippen molar-refractivity contribution in [2.45, 2.75) is 11.7 Å². The first kappa shape index (κ1) is 22.7. The van der Waals surface area contributed by atoms with E-state index in [1.807, 2.05) is 52.4 Å². The van der Waals surface area contributed by atoms with Crippen LogP contribution >= 0.6 is 50.6 Å². The fourth-order valence-corrected chi connectivity index (χ4v) is 4.87. The molecule has 2 heterocycles. The molecule has 1 amide bonds. The summed E-state index contributed by atoms with van der Waals surface area (Å²) in [5.41, 5.74) is 2.59. The smallest absolute Gasteiger partial charge is 0.236 e. The van der Waals surface area contributed by atoms with Crippen molar-refractivity contribution in [3.63, 3.8) is 0 Å². The molecule has 162 valence electrons. The van der Waals surface area contributed by atoms with Gasteiger partial charge in [0.05, 0.1) is 16.5 Å². The van der Waals surface area contributed by atoms with Gasteiger partial charge in [0.25, 0.3) is 0 Å². The van der Waals surface area contributed by atoms with Crippen molar-refractivity contribution in [1.29, 1.82) is 0 Å². The molecule has 0 atom stereocenters. The molecule has 10 heteroatoms. The van der Waals surface area contributed by atoms with E-state index in [1.54, 1.807) is 12.1 Å². The van der Waals surface area contributed by atoms with Crippen LogP contribution in [-0.2, 0) is 11.3 Å². The molecule has 2 aromatic carbocycles. The number of nitrogens with zero attached hydrogens (tertiary/aromatic N) is 4. The van der Waals surface area contributed by atoms with Gasteiger partial charge in [-0.15, -0.1) is 28.1 Å². The van der Waals surface area contributed by atoms with Crippen molar-refractivity contribution in [1.82, 2.24) is 19.7 Å². The van der Waals surface area contributed by atoms with Gasteiger partial charge in [0.2, 0.25) is 5.91 Å². The molecule has 1 N–H and O–H groups in total. The Balaban J connectivity index is 1.43. The number of nitrogens with one attached hydrogen (secondary N) is 1. The predicted molar refractivity (Wildman–Crippen MR) is 135 cm³/mol. The average Bonchev–Trinajstić information content (AvgIpc) is 3.41. The number of hydrogen-bond donors (Lipinski definition) is 1. The highest BCUT2D eigenvalue weighted by atomic mass is 79.9. The number of amides is 1. The number of aromatic nitrogens is 4. The number of hydrogen-bond acceptors (Lipinski definition) is 6. The van der Waals surface area contributed by atoms with Gasteiger partial charge in [0, 0.05) is 27.5 Å². The Morgan fingerprint density at radius 1 is 1.22 bits per heavy atom. The number of thioether (sulfide) groups is 1. The number of rotatable bonds is 8. The molecule has 0 unspecified atom stereocenters. The van der Waals surface area contributed by atoms with Crippen LogP contribution < -0.4 is 5.32 Å². The number of halogens is 2. The number of thiazole rings is 1. The molecule has 0 saturated heterocycles. The first-order chi connectivity index (χ1) is 15.5. The Bertz CT molecular complexity index is 1260. The van der Waals surface area contributed by atoms with E-state index in [9.17, 15) is 4.79 Å². The maximum atomic E-state index is 12.5. The summed E-state index contributed by atoms with van der Waals surface area (Å²) in [4.78, 5) is 17.0. The van der Waals surface area contributed by atoms with Gasteiger partial charge in [0.15, 0.2) is 16.1 Å². The normalized spacial score (nSPS) is 10.8. The van der Waals surface area contributed by atoms with Gasteiger partial charge >= 0.3 is 0 Å². The second-order valence-corrected chi connectivity index (χ2v) is 9.69. The molecule has 32 heavy (non-hydrogen) atoms. The predicted octanol–water partition coefficient (Wildman–Crippen LogP) is 6.40. The molecular formula is C22H17BrClN5OS2. The van der Waals surface area contributed by atoms with Gasteiger partial charge < -0.3 is 5.32 Å². The number of anilines is 1. The molecule has 0 spiro atoms. The van der Waals surface area contributed by atoms with Gasteiger partial charge in [-0.1, -0.05) is 69.6 Å². The van der Waals surface area contributed by atoms with Crippen molar-refractivity contribution >= 4 is 61.7 Å². The molecular weight excluding hydrogens is 530 g/mol. The third-order valence-electron chi connectivity index (χ3n) is 4.37. The van der Waals surface area contributed by atoms with E-state index in [1.165, 1.54) is 23.1 Å². The van der Waals surface area contributed by atoms with Gasteiger partial charge in [-0.2, -0.15) is 0 Å². The maximum Gasteiger partial charge on any atom is 0.236 e. The van der Waals surface area contributed by atoms with Crippen LogP contribution in [0.1, 0.15) is 0 Å². The van der Waals surface area contributed by atoms with E-state index < -0.39 is 0 Å². The summed E-state index contributed by atoms with van der Waals surface area (Å²) < 4.78 is 2.89. The lowest BCUT2D eigenvalue weighted by Crippen LogP contribution is -2.14. The monoisotopic (exact) mass is 545 g/mol. The molecule has 0 radical (unpaired) electrons. The Hall–Kier alpha value is -2.46. The largest absolute Gasteiger partial charge is 0.301 e. The number of carbonyl (C=O) groups is 1. The second-order valence-electron chi connectivity index (χ2n) is 6.57. The SMILES string of the molecule is C=CCn1c(SCC(=O)Nc2nc(-c3ccc(Br)cc3)cs2)nnc1-c1ccccc1Cl. The second kappa shape index (κ2) is 10.4. The van der Waals surface area contributed by atoms with Crippen molar-refractivity contribution in [3.8, 4) is 22.6 Å². The standard InChI is InChI=1S/C22H17BrClN5OS2/c1-2-11-29-20(16-5-3-4-6-17(16)24)27-28-22(29)32-13-19(30)26-21-25-18(12-31-21)14-7-9-15(23)10-8-14/h2-10,12H,1,11,13H2,(H,25,26,30). The van der Waals surface area contributed by atoms with Crippen molar-refractivity contribution in [3.05, 3.63) is 76.1 Å². The van der Waals surface area contributed by atoms with E-state index in [4.69, 9.17) is 11.6 Å². The zero-order valence-corrected chi connectivity index (χ0v) is 20.6. The van der Waals surface area contributed by atoms with Crippen LogP contribution in [0.25, 0.3) is 22.6 Å². The van der Waals surface area contributed by atoms with E-state index in [0.29, 0.717) is 27.7 Å². The lowest BCUT2D eigenvalue weighted by atomic mass is 10.2. The summed E-state index contributed by atoms with van der Waals surface area (Å²) in [7, 11) is 0. The highest BCUT2D eigenvalue weighted by Gasteiger charge is 2.17. The van der Waals surface area contributed by atoms with Gasteiger partial charge in [0.1, 0.15) is 0 Å². The third kappa shape index (κ3) is 5.29. The molecule has 0 saturated carbocycles. The molecule has 4 aromatic rings. The Labute approximate surface area is 206 Å². The topological polar surface area (TPSA) is 72.7 Å². The van der Waals surface area contributed by atoms with Crippen molar-refractivity contribution in [2.75, 3.05) is 11.1 Å². The van der Waals surface area contributed by atoms with Crippen LogP contribution in [0.4, 0.5) is 5.13 Å². The minimum absolute atomic E-state index is 0.167. The first-order valence-electron chi connectivity index (χ1n) is 9.48. The summed E-state index contributed by atoms with van der Waals surface area (Å²) in [6, 6.07) is 15.3. The summed E-state index contributed by atoms with van der Waals surface area (Å²) in [5, 5.41) is 15.1. The lowest BCUT2D eigenvalue weighted by Gasteiger charge is -2.08. The fraction of sp³-hybridized carbons (Fsp3) is 0.0909. The molecule has 0 aliphatic carbocycles. The highest BCUT2D eigenvalue weighted by Crippen LogP contribution is 2.30. The molecule has 0 bridgehead atoms. The van der Waals surface area contributed by atoms with Crippen LogP contribution in [0.5, 0.6) is 0 Å². The Kier molecular flexibility index (Phi) is 7.41. The van der Waals surface area contributed by atoms with Crippen LogP contribution in [0, 0.1) is 0 Å². The Morgan fingerprint density at radius 3 is 2.75 bits per heavy atom. The molecule has 0 aliphatic rings. The number of benzene rings is 2. The van der Waals surface area contributed by atoms with Gasteiger partial charge in [-0.05, 0) is 24.3 Å². The van der Waals surface area contributed by atoms with Crippen molar-refractivity contribution < 1.29 is 4.79 Å². The van der Waals surface area contributed by atoms with Crippen LogP contribution in [0.15, 0.2) is 76.2 Å². The van der Waals surface area contributed by atoms with Gasteiger partial charge in [-0.3, -0.25) is 9.36 Å². The van der Waals surface area contributed by atoms with Crippen molar-refractivity contribution in [2.24, 2.45) is 0 Å². The quantitative estimate of drug-likeness (QED) is 0.204. The molecule has 0 fully saturated rings.